The summed E-state index contributed by atoms with van der Waals surface area (Å²) >= 11 is 0. The zero-order valence-corrected chi connectivity index (χ0v) is 15.1. The van der Waals surface area contributed by atoms with Crippen molar-refractivity contribution in [2.75, 3.05) is 6.26 Å². The lowest BCUT2D eigenvalue weighted by atomic mass is 9.99. The van der Waals surface area contributed by atoms with Crippen LogP contribution in [0.4, 0.5) is 13.2 Å². The van der Waals surface area contributed by atoms with Crippen LogP contribution in [0.15, 0.2) is 24.3 Å². The van der Waals surface area contributed by atoms with E-state index in [0.717, 1.165) is 25.0 Å². The van der Waals surface area contributed by atoms with Gasteiger partial charge in [0, 0.05) is 18.1 Å². The van der Waals surface area contributed by atoms with E-state index >= 15 is 0 Å². The molecule has 2 saturated heterocycles. The zero-order chi connectivity index (χ0) is 19.1. The Morgan fingerprint density at radius 2 is 1.69 bits per heavy atom. The molecule has 2 aliphatic heterocycles. The summed E-state index contributed by atoms with van der Waals surface area (Å²) in [5.74, 6) is -0.262. The van der Waals surface area contributed by atoms with Crippen LogP contribution in [0.3, 0.4) is 0 Å². The number of benzene rings is 1. The van der Waals surface area contributed by atoms with Crippen LogP contribution in [0.2, 0.25) is 0 Å². The summed E-state index contributed by atoms with van der Waals surface area (Å²) in [5.41, 5.74) is -0.238. The van der Waals surface area contributed by atoms with Gasteiger partial charge in [-0.2, -0.15) is 17.5 Å². The van der Waals surface area contributed by atoms with E-state index in [-0.39, 0.29) is 30.5 Å². The fraction of sp³-hybridized carbons (Fsp3) is 0.588. The fourth-order valence-corrected chi connectivity index (χ4v) is 5.54. The Morgan fingerprint density at radius 1 is 1.15 bits per heavy atom. The quantitative estimate of drug-likeness (QED) is 0.858. The molecule has 9 heteroatoms. The molecular weight excluding hydrogens is 369 g/mol. The summed E-state index contributed by atoms with van der Waals surface area (Å²) in [4.78, 5) is 12.2. The maximum Gasteiger partial charge on any atom is 0.416 e. The zero-order valence-electron chi connectivity index (χ0n) is 14.3. The Labute approximate surface area is 150 Å². The van der Waals surface area contributed by atoms with Gasteiger partial charge in [0.25, 0.3) is 0 Å². The van der Waals surface area contributed by atoms with Gasteiger partial charge in [-0.3, -0.25) is 4.79 Å². The summed E-state index contributed by atoms with van der Waals surface area (Å²) in [5, 5.41) is 2.90. The number of hydrogen-bond acceptors (Lipinski definition) is 3. The van der Waals surface area contributed by atoms with Crippen LogP contribution in [0.1, 0.15) is 36.8 Å². The van der Waals surface area contributed by atoms with Crippen molar-refractivity contribution in [3.8, 4) is 0 Å². The smallest absolute Gasteiger partial charge is 0.353 e. The van der Waals surface area contributed by atoms with Crippen LogP contribution in [0.25, 0.3) is 0 Å². The Balaban J connectivity index is 1.57. The average Bonchev–Trinajstić information content (AvgIpc) is 2.79. The second kappa shape index (κ2) is 6.84. The first-order chi connectivity index (χ1) is 12.0. The van der Waals surface area contributed by atoms with E-state index in [1.807, 2.05) is 0 Å². The van der Waals surface area contributed by atoms with Gasteiger partial charge in [0.05, 0.1) is 18.2 Å². The molecule has 2 bridgehead atoms. The first-order valence-corrected chi connectivity index (χ1v) is 10.3. The standard InChI is InChI=1S/C17H21F3N2O3S/c1-26(24,25)22-14-6-7-15(22)10-13(9-14)21-16(23)8-11-2-4-12(5-3-11)17(18,19)20/h2-5,13-15H,6-10H2,1H3,(H,21,23). The number of fused-ring (bicyclic) bond motifs is 2. The summed E-state index contributed by atoms with van der Waals surface area (Å²) in [6, 6.07) is 4.27. The lowest BCUT2D eigenvalue weighted by molar-refractivity contribution is -0.137. The third kappa shape index (κ3) is 4.20. The Morgan fingerprint density at radius 3 is 2.15 bits per heavy atom. The maximum atomic E-state index is 12.6. The first-order valence-electron chi connectivity index (χ1n) is 8.48. The fourth-order valence-electron chi connectivity index (χ4n) is 4.07. The van der Waals surface area contributed by atoms with Crippen molar-refractivity contribution in [3.63, 3.8) is 0 Å². The van der Waals surface area contributed by atoms with Gasteiger partial charge < -0.3 is 5.32 Å². The number of nitrogens with zero attached hydrogens (tertiary/aromatic N) is 1. The van der Waals surface area contributed by atoms with Crippen molar-refractivity contribution in [2.45, 2.75) is 56.4 Å². The Bertz CT molecular complexity index is 763. The van der Waals surface area contributed by atoms with Crippen molar-refractivity contribution < 1.29 is 26.4 Å². The molecule has 0 radical (unpaired) electrons. The van der Waals surface area contributed by atoms with Gasteiger partial charge in [-0.1, -0.05) is 12.1 Å². The maximum absolute atomic E-state index is 12.6. The number of amides is 1. The number of carbonyl (C=O) groups is 1. The lowest BCUT2D eigenvalue weighted by Crippen LogP contribution is -2.52. The summed E-state index contributed by atoms with van der Waals surface area (Å²) in [6.07, 6.45) is -0.452. The van der Waals surface area contributed by atoms with Crippen molar-refractivity contribution >= 4 is 15.9 Å². The minimum atomic E-state index is -4.40. The highest BCUT2D eigenvalue weighted by molar-refractivity contribution is 7.88. The number of rotatable bonds is 4. The molecule has 26 heavy (non-hydrogen) atoms. The molecule has 0 saturated carbocycles. The predicted molar refractivity (Wildman–Crippen MR) is 89.8 cm³/mol. The van der Waals surface area contributed by atoms with Crippen molar-refractivity contribution in [1.29, 1.82) is 0 Å². The van der Waals surface area contributed by atoms with E-state index in [1.54, 1.807) is 4.31 Å². The van der Waals surface area contributed by atoms with Crippen LogP contribution in [0.5, 0.6) is 0 Å². The number of carbonyl (C=O) groups excluding carboxylic acids is 1. The van der Waals surface area contributed by atoms with Crippen molar-refractivity contribution in [3.05, 3.63) is 35.4 Å². The van der Waals surface area contributed by atoms with Gasteiger partial charge in [-0.15, -0.1) is 0 Å². The number of nitrogens with one attached hydrogen (secondary N) is 1. The van der Waals surface area contributed by atoms with Crippen LogP contribution in [-0.4, -0.2) is 43.0 Å². The summed E-state index contributed by atoms with van der Waals surface area (Å²) in [6.45, 7) is 0. The van der Waals surface area contributed by atoms with Gasteiger partial charge in [0.2, 0.25) is 15.9 Å². The van der Waals surface area contributed by atoms with E-state index in [2.05, 4.69) is 5.32 Å². The first kappa shape index (κ1) is 19.2. The highest BCUT2D eigenvalue weighted by Crippen LogP contribution is 2.37. The van der Waals surface area contributed by atoms with E-state index in [0.29, 0.717) is 18.4 Å². The minimum absolute atomic E-state index is 0.000237. The second-order valence-corrected chi connectivity index (χ2v) is 8.97. The molecule has 2 unspecified atom stereocenters. The number of halogens is 3. The molecule has 2 aliphatic rings. The van der Waals surface area contributed by atoms with Gasteiger partial charge in [-0.05, 0) is 43.4 Å². The largest absolute Gasteiger partial charge is 0.416 e. The molecule has 1 N–H and O–H groups in total. The van der Waals surface area contributed by atoms with E-state index in [1.165, 1.54) is 18.4 Å². The average molecular weight is 390 g/mol. The van der Waals surface area contributed by atoms with Crippen molar-refractivity contribution in [2.24, 2.45) is 0 Å². The molecule has 0 aliphatic carbocycles. The highest BCUT2D eigenvalue weighted by atomic mass is 32.2. The van der Waals surface area contributed by atoms with Crippen molar-refractivity contribution in [1.82, 2.24) is 9.62 Å². The van der Waals surface area contributed by atoms with Crippen LogP contribution in [0, 0.1) is 0 Å². The number of alkyl halides is 3. The van der Waals surface area contributed by atoms with Crippen LogP contribution >= 0.6 is 0 Å². The van der Waals surface area contributed by atoms with Gasteiger partial charge in [0.1, 0.15) is 0 Å². The number of hydrogen-bond donors (Lipinski definition) is 1. The van der Waals surface area contributed by atoms with E-state index in [9.17, 15) is 26.4 Å². The molecule has 144 valence electrons. The third-order valence-electron chi connectivity index (χ3n) is 5.06. The monoisotopic (exact) mass is 390 g/mol. The summed E-state index contributed by atoms with van der Waals surface area (Å²) in [7, 11) is -3.25. The minimum Gasteiger partial charge on any atom is -0.353 e. The lowest BCUT2D eigenvalue weighted by Gasteiger charge is -2.37. The Hall–Kier alpha value is -1.61. The molecule has 2 heterocycles. The van der Waals surface area contributed by atoms with E-state index in [4.69, 9.17) is 0 Å². The number of piperidine rings is 1. The normalized spacial score (nSPS) is 26.7. The SMILES string of the molecule is CS(=O)(=O)N1C2CCC1CC(NC(=O)Cc1ccc(C(F)(F)F)cc1)C2. The second-order valence-electron chi connectivity index (χ2n) is 7.09. The van der Waals surface area contributed by atoms with Gasteiger partial charge >= 0.3 is 6.18 Å². The van der Waals surface area contributed by atoms with Crippen LogP contribution < -0.4 is 5.32 Å². The molecule has 1 aromatic rings. The predicted octanol–water partition coefficient (Wildman–Crippen LogP) is 2.32. The summed E-state index contributed by atoms with van der Waals surface area (Å²) < 4.78 is 63.0. The molecular formula is C17H21F3N2O3S. The molecule has 3 rings (SSSR count). The molecule has 1 aromatic carbocycles. The number of sulfonamides is 1. The van der Waals surface area contributed by atoms with Crippen LogP contribution in [-0.2, 0) is 27.4 Å². The molecule has 2 atom stereocenters. The Kier molecular flexibility index (Phi) is 5.04. The molecule has 0 spiro atoms. The van der Waals surface area contributed by atoms with Gasteiger partial charge in [-0.25, -0.2) is 8.42 Å². The van der Waals surface area contributed by atoms with Gasteiger partial charge in [0.15, 0.2) is 0 Å². The van der Waals surface area contributed by atoms with E-state index < -0.39 is 21.8 Å². The molecule has 5 nitrogen and oxygen atoms in total. The topological polar surface area (TPSA) is 66.5 Å². The molecule has 0 aromatic heterocycles. The highest BCUT2D eigenvalue weighted by Gasteiger charge is 2.45. The molecule has 1 amide bonds. The third-order valence-corrected chi connectivity index (χ3v) is 6.42. The molecule has 2 fully saturated rings.